The van der Waals surface area contributed by atoms with Gasteiger partial charge >= 0.3 is 5.97 Å². The van der Waals surface area contributed by atoms with E-state index >= 15 is 0 Å². The molecule has 1 aliphatic rings. The van der Waals surface area contributed by atoms with Crippen molar-refractivity contribution in [3.05, 3.63) is 41.6 Å². The third kappa shape index (κ3) is 5.41. The van der Waals surface area contributed by atoms with Crippen LogP contribution in [0.25, 0.3) is 0 Å². The molecule has 2 heterocycles. The van der Waals surface area contributed by atoms with Crippen molar-refractivity contribution in [2.24, 2.45) is 0 Å². The minimum absolute atomic E-state index is 0.153. The van der Waals surface area contributed by atoms with Crippen LogP contribution in [0.2, 0.25) is 0 Å². The van der Waals surface area contributed by atoms with Gasteiger partial charge in [0.1, 0.15) is 0 Å². The topological polar surface area (TPSA) is 97.6 Å². The average molecular weight is 400 g/mol. The largest absolute Gasteiger partial charge is 0.462 e. The molecule has 0 radical (unpaired) electrons. The number of benzene rings is 1. The Morgan fingerprint density at radius 2 is 1.97 bits per heavy atom. The highest BCUT2D eigenvalue weighted by atomic mass is 16.5. The minimum Gasteiger partial charge on any atom is -0.462 e. The van der Waals surface area contributed by atoms with Gasteiger partial charge in [-0.15, -0.1) is 10.2 Å². The Balaban J connectivity index is 1.52. The summed E-state index contributed by atoms with van der Waals surface area (Å²) in [6.45, 7) is 7.91. The first-order valence-electron chi connectivity index (χ1n) is 10.1. The van der Waals surface area contributed by atoms with Crippen molar-refractivity contribution >= 4 is 17.6 Å². The van der Waals surface area contributed by atoms with Crippen LogP contribution >= 0.6 is 0 Å². The molecule has 1 aliphatic heterocycles. The van der Waals surface area contributed by atoms with Gasteiger partial charge in [-0.1, -0.05) is 26.0 Å². The quantitative estimate of drug-likeness (QED) is 0.713. The van der Waals surface area contributed by atoms with Gasteiger partial charge in [0.2, 0.25) is 17.7 Å². The number of hydrogen-bond acceptors (Lipinski definition) is 7. The molecule has 0 spiro atoms. The average Bonchev–Trinajstić information content (AvgIpc) is 3.20. The van der Waals surface area contributed by atoms with Gasteiger partial charge in [-0.2, -0.15) is 0 Å². The number of ether oxygens (including phenoxy) is 1. The Labute approximate surface area is 170 Å². The number of carbonyl (C=O) groups is 2. The number of rotatable bonds is 7. The monoisotopic (exact) mass is 400 g/mol. The van der Waals surface area contributed by atoms with E-state index in [4.69, 9.17) is 9.15 Å². The summed E-state index contributed by atoms with van der Waals surface area (Å²) < 4.78 is 10.8. The van der Waals surface area contributed by atoms with E-state index in [9.17, 15) is 9.59 Å². The molecule has 1 amide bonds. The molecule has 0 atom stereocenters. The second kappa shape index (κ2) is 9.65. The van der Waals surface area contributed by atoms with Gasteiger partial charge in [0, 0.05) is 11.8 Å². The Kier molecular flexibility index (Phi) is 6.98. The van der Waals surface area contributed by atoms with Crippen molar-refractivity contribution < 1.29 is 18.7 Å². The summed E-state index contributed by atoms with van der Waals surface area (Å²) in [5.74, 6) is 1.23. The number of aromatic nitrogens is 2. The third-order valence-electron chi connectivity index (χ3n) is 4.95. The minimum atomic E-state index is -0.440. The predicted molar refractivity (Wildman–Crippen MR) is 108 cm³/mol. The predicted octanol–water partition coefficient (Wildman–Crippen LogP) is 3.19. The molecule has 1 saturated heterocycles. The SMILES string of the molecule is CCOC(=O)c1ccccc1NC(=O)CN1CCC(c2nnc(C(C)C)o2)CC1. The van der Waals surface area contributed by atoms with E-state index in [1.807, 2.05) is 13.8 Å². The zero-order valence-corrected chi connectivity index (χ0v) is 17.2. The van der Waals surface area contributed by atoms with E-state index in [2.05, 4.69) is 20.4 Å². The Bertz CT molecular complexity index is 841. The molecule has 8 heteroatoms. The molecule has 3 rings (SSSR count). The smallest absolute Gasteiger partial charge is 0.340 e. The standard InChI is InChI=1S/C21H28N4O4/c1-4-28-21(27)16-7-5-6-8-17(16)22-18(26)13-25-11-9-15(10-12-25)20-24-23-19(29-20)14(2)3/h5-8,14-15H,4,9-13H2,1-3H3,(H,22,26). The molecule has 1 fully saturated rings. The van der Waals surface area contributed by atoms with E-state index in [0.29, 0.717) is 23.0 Å². The van der Waals surface area contributed by atoms with Crippen molar-refractivity contribution in [1.29, 1.82) is 0 Å². The lowest BCUT2D eigenvalue weighted by molar-refractivity contribution is -0.117. The van der Waals surface area contributed by atoms with Crippen molar-refractivity contribution in [1.82, 2.24) is 15.1 Å². The number of nitrogens with zero attached hydrogens (tertiary/aromatic N) is 3. The lowest BCUT2D eigenvalue weighted by atomic mass is 9.97. The molecule has 29 heavy (non-hydrogen) atoms. The van der Waals surface area contributed by atoms with Gasteiger partial charge in [-0.25, -0.2) is 4.79 Å². The first-order valence-corrected chi connectivity index (χ1v) is 10.1. The van der Waals surface area contributed by atoms with Crippen molar-refractivity contribution in [3.63, 3.8) is 0 Å². The molecule has 1 aromatic heterocycles. The lowest BCUT2D eigenvalue weighted by Gasteiger charge is -2.29. The molecule has 1 N–H and O–H groups in total. The Hall–Kier alpha value is -2.74. The molecular formula is C21H28N4O4. The molecule has 0 bridgehead atoms. The highest BCUT2D eigenvalue weighted by Crippen LogP contribution is 2.28. The summed E-state index contributed by atoms with van der Waals surface area (Å²) in [4.78, 5) is 26.6. The van der Waals surface area contributed by atoms with Gasteiger partial charge < -0.3 is 14.5 Å². The van der Waals surface area contributed by atoms with Gasteiger partial charge in [0.15, 0.2) is 0 Å². The highest BCUT2D eigenvalue weighted by molar-refractivity contribution is 6.01. The Morgan fingerprint density at radius 3 is 2.62 bits per heavy atom. The van der Waals surface area contributed by atoms with Gasteiger partial charge in [-0.05, 0) is 45.0 Å². The maximum absolute atomic E-state index is 12.5. The van der Waals surface area contributed by atoms with Crippen molar-refractivity contribution in [2.75, 3.05) is 31.6 Å². The second-order valence-corrected chi connectivity index (χ2v) is 7.50. The molecule has 8 nitrogen and oxygen atoms in total. The van der Waals surface area contributed by atoms with Gasteiger partial charge in [0.05, 0.1) is 24.4 Å². The molecule has 2 aromatic rings. The number of piperidine rings is 1. The van der Waals surface area contributed by atoms with E-state index < -0.39 is 5.97 Å². The molecular weight excluding hydrogens is 372 g/mol. The first-order chi connectivity index (χ1) is 14.0. The zero-order chi connectivity index (χ0) is 20.8. The van der Waals surface area contributed by atoms with Crippen LogP contribution in [0.1, 0.15) is 67.6 Å². The molecule has 0 aliphatic carbocycles. The molecule has 0 unspecified atom stereocenters. The van der Waals surface area contributed by atoms with Crippen LogP contribution < -0.4 is 5.32 Å². The number of hydrogen-bond donors (Lipinski definition) is 1. The van der Waals surface area contributed by atoms with E-state index in [-0.39, 0.29) is 30.9 Å². The van der Waals surface area contributed by atoms with Gasteiger partial charge in [0.25, 0.3) is 0 Å². The Morgan fingerprint density at radius 1 is 1.24 bits per heavy atom. The molecule has 156 valence electrons. The summed E-state index contributed by atoms with van der Waals surface area (Å²) >= 11 is 0. The number of para-hydroxylation sites is 1. The van der Waals surface area contributed by atoms with Crippen LogP contribution in [0.15, 0.2) is 28.7 Å². The van der Waals surface area contributed by atoms with Gasteiger partial charge in [-0.3, -0.25) is 9.69 Å². The van der Waals surface area contributed by atoms with Crippen LogP contribution in [0.5, 0.6) is 0 Å². The number of nitrogens with one attached hydrogen (secondary N) is 1. The summed E-state index contributed by atoms with van der Waals surface area (Å²) in [5.41, 5.74) is 0.830. The first kappa shape index (κ1) is 21.0. The highest BCUT2D eigenvalue weighted by Gasteiger charge is 2.26. The number of amides is 1. The third-order valence-corrected chi connectivity index (χ3v) is 4.95. The fraction of sp³-hybridized carbons (Fsp3) is 0.524. The maximum Gasteiger partial charge on any atom is 0.340 e. The fourth-order valence-electron chi connectivity index (χ4n) is 3.35. The number of likely N-dealkylation sites (tertiary alicyclic amines) is 1. The maximum atomic E-state index is 12.5. The summed E-state index contributed by atoms with van der Waals surface area (Å²) in [5, 5.41) is 11.1. The van der Waals surface area contributed by atoms with Crippen molar-refractivity contribution in [3.8, 4) is 0 Å². The fourth-order valence-corrected chi connectivity index (χ4v) is 3.35. The molecule has 0 saturated carbocycles. The van der Waals surface area contributed by atoms with Crippen LogP contribution in [0.4, 0.5) is 5.69 Å². The number of carbonyl (C=O) groups excluding carboxylic acids is 2. The summed E-state index contributed by atoms with van der Waals surface area (Å²) in [6.07, 6.45) is 1.73. The van der Waals surface area contributed by atoms with E-state index in [1.165, 1.54) is 0 Å². The summed E-state index contributed by atoms with van der Waals surface area (Å²) in [6, 6.07) is 6.88. The van der Waals surface area contributed by atoms with Crippen LogP contribution in [-0.2, 0) is 9.53 Å². The van der Waals surface area contributed by atoms with Crippen LogP contribution in [0, 0.1) is 0 Å². The lowest BCUT2D eigenvalue weighted by Crippen LogP contribution is -2.39. The number of esters is 1. The summed E-state index contributed by atoms with van der Waals surface area (Å²) in [7, 11) is 0. The normalized spacial score (nSPS) is 15.4. The second-order valence-electron chi connectivity index (χ2n) is 7.50. The van der Waals surface area contributed by atoms with Crippen LogP contribution in [-0.4, -0.2) is 53.2 Å². The van der Waals surface area contributed by atoms with Crippen molar-refractivity contribution in [2.45, 2.75) is 45.4 Å². The van der Waals surface area contributed by atoms with E-state index in [1.54, 1.807) is 31.2 Å². The van der Waals surface area contributed by atoms with Crippen LogP contribution in [0.3, 0.4) is 0 Å². The number of anilines is 1. The molecule has 1 aromatic carbocycles. The van der Waals surface area contributed by atoms with E-state index in [0.717, 1.165) is 25.9 Å². The zero-order valence-electron chi connectivity index (χ0n) is 17.2.